The maximum Gasteiger partial charge on any atom is 0.343 e. The number of ether oxygens (including phenoxy) is 1. The third-order valence-electron chi connectivity index (χ3n) is 4.72. The van der Waals surface area contributed by atoms with Gasteiger partial charge in [-0.2, -0.15) is 5.10 Å². The molecule has 110 valence electrons. The van der Waals surface area contributed by atoms with Crippen molar-refractivity contribution in [1.82, 2.24) is 9.78 Å². The summed E-state index contributed by atoms with van der Waals surface area (Å²) in [5.41, 5.74) is 1.37. The summed E-state index contributed by atoms with van der Waals surface area (Å²) in [4.78, 5) is 11.9. The molecule has 5 nitrogen and oxygen atoms in total. The van der Waals surface area contributed by atoms with Gasteiger partial charge in [0.15, 0.2) is 0 Å². The van der Waals surface area contributed by atoms with E-state index in [4.69, 9.17) is 4.74 Å². The lowest BCUT2D eigenvalue weighted by atomic mass is 9.82. The van der Waals surface area contributed by atoms with Crippen LogP contribution in [0.3, 0.4) is 0 Å². The lowest BCUT2D eigenvalue weighted by Crippen LogP contribution is -2.30. The van der Waals surface area contributed by atoms with Crippen LogP contribution in [0.25, 0.3) is 0 Å². The number of aryl methyl sites for hydroxylation is 1. The van der Waals surface area contributed by atoms with E-state index in [2.05, 4.69) is 15.1 Å². The molecule has 1 aliphatic carbocycles. The number of esters is 1. The summed E-state index contributed by atoms with van der Waals surface area (Å²) in [7, 11) is 1.42. The number of carbonyl (C=O) groups excluding carboxylic acids is 1. The Bertz CT molecular complexity index is 503. The van der Waals surface area contributed by atoms with Crippen LogP contribution in [0.15, 0.2) is 0 Å². The van der Waals surface area contributed by atoms with Crippen molar-refractivity contribution in [2.45, 2.75) is 51.5 Å². The summed E-state index contributed by atoms with van der Waals surface area (Å²) in [6.45, 7) is 2.80. The van der Waals surface area contributed by atoms with Crippen molar-refractivity contribution in [3.63, 3.8) is 0 Å². The summed E-state index contributed by atoms with van der Waals surface area (Å²) in [5, 5.41) is 7.97. The fraction of sp³-hybridized carbons (Fsp3) is 0.733. The molecule has 1 aromatic heterocycles. The van der Waals surface area contributed by atoms with Crippen LogP contribution in [0.5, 0.6) is 0 Å². The highest BCUT2D eigenvalue weighted by atomic mass is 16.5. The fourth-order valence-corrected chi connectivity index (χ4v) is 3.72. The van der Waals surface area contributed by atoms with Gasteiger partial charge in [0.05, 0.1) is 18.8 Å². The zero-order valence-electron chi connectivity index (χ0n) is 12.3. The van der Waals surface area contributed by atoms with Gasteiger partial charge in [-0.05, 0) is 32.1 Å². The molecule has 0 aromatic carbocycles. The Balaban J connectivity index is 1.94. The quantitative estimate of drug-likeness (QED) is 0.844. The van der Waals surface area contributed by atoms with Crippen molar-refractivity contribution in [2.75, 3.05) is 19.0 Å². The van der Waals surface area contributed by atoms with Gasteiger partial charge in [0, 0.05) is 6.54 Å². The molecule has 0 bridgehead atoms. The Morgan fingerprint density at radius 3 is 2.75 bits per heavy atom. The average molecular weight is 277 g/mol. The molecule has 1 N–H and O–H groups in total. The Kier molecular flexibility index (Phi) is 3.68. The second-order valence-corrected chi connectivity index (χ2v) is 5.93. The summed E-state index contributed by atoms with van der Waals surface area (Å²) in [6, 6.07) is 0.434. The van der Waals surface area contributed by atoms with Crippen LogP contribution in [0.1, 0.15) is 60.6 Å². The van der Waals surface area contributed by atoms with Crippen molar-refractivity contribution >= 4 is 11.8 Å². The monoisotopic (exact) mass is 277 g/mol. The third kappa shape index (κ3) is 2.19. The Labute approximate surface area is 119 Å². The predicted molar refractivity (Wildman–Crippen MR) is 77.0 cm³/mol. The van der Waals surface area contributed by atoms with Crippen molar-refractivity contribution in [1.29, 1.82) is 0 Å². The largest absolute Gasteiger partial charge is 0.465 e. The van der Waals surface area contributed by atoms with Gasteiger partial charge in [0.1, 0.15) is 11.4 Å². The summed E-state index contributed by atoms with van der Waals surface area (Å²) in [5.74, 6) is 1.27. The number of nitrogens with one attached hydrogen (secondary N) is 1. The second kappa shape index (κ2) is 5.46. The molecule has 1 unspecified atom stereocenters. The second-order valence-electron chi connectivity index (χ2n) is 5.93. The molecule has 0 saturated heterocycles. The van der Waals surface area contributed by atoms with E-state index in [0.717, 1.165) is 24.5 Å². The molecule has 3 rings (SSSR count). The van der Waals surface area contributed by atoms with Gasteiger partial charge in [-0.1, -0.05) is 19.3 Å². The zero-order valence-corrected chi connectivity index (χ0v) is 12.3. The highest BCUT2D eigenvalue weighted by molar-refractivity contribution is 5.96. The van der Waals surface area contributed by atoms with Gasteiger partial charge in [-0.15, -0.1) is 0 Å². The van der Waals surface area contributed by atoms with E-state index < -0.39 is 0 Å². The van der Waals surface area contributed by atoms with Gasteiger partial charge in [-0.25, -0.2) is 9.48 Å². The number of aromatic nitrogens is 2. The van der Waals surface area contributed by atoms with Crippen LogP contribution in [-0.4, -0.2) is 29.4 Å². The number of hydrogen-bond acceptors (Lipinski definition) is 4. The number of carbonyl (C=O) groups is 1. The van der Waals surface area contributed by atoms with E-state index in [1.807, 2.05) is 6.92 Å². The van der Waals surface area contributed by atoms with Crippen LogP contribution in [0.4, 0.5) is 5.82 Å². The molecule has 1 aromatic rings. The number of nitrogens with zero attached hydrogens (tertiary/aromatic N) is 2. The third-order valence-corrected chi connectivity index (χ3v) is 4.72. The van der Waals surface area contributed by atoms with Crippen LogP contribution in [-0.2, 0) is 4.74 Å². The highest BCUT2D eigenvalue weighted by Gasteiger charge is 2.33. The normalized spacial score (nSPS) is 23.0. The molecule has 5 heteroatoms. The van der Waals surface area contributed by atoms with E-state index in [1.165, 1.54) is 39.2 Å². The fourth-order valence-electron chi connectivity index (χ4n) is 3.72. The van der Waals surface area contributed by atoms with Gasteiger partial charge in [0.25, 0.3) is 0 Å². The molecular weight excluding hydrogens is 254 g/mol. The molecule has 20 heavy (non-hydrogen) atoms. The smallest absolute Gasteiger partial charge is 0.343 e. The van der Waals surface area contributed by atoms with E-state index in [0.29, 0.717) is 17.5 Å². The van der Waals surface area contributed by atoms with Crippen LogP contribution < -0.4 is 5.32 Å². The minimum Gasteiger partial charge on any atom is -0.465 e. The van der Waals surface area contributed by atoms with Crippen molar-refractivity contribution in [2.24, 2.45) is 5.92 Å². The van der Waals surface area contributed by atoms with E-state index >= 15 is 0 Å². The van der Waals surface area contributed by atoms with Crippen molar-refractivity contribution in [3.8, 4) is 0 Å². The molecule has 2 aliphatic rings. The SMILES string of the molecule is COC(=O)c1c(C)nn2c1NCCC2C1CCCCC1. The Morgan fingerprint density at radius 1 is 1.30 bits per heavy atom. The first-order chi connectivity index (χ1) is 9.72. The Hall–Kier alpha value is -1.52. The molecule has 1 saturated carbocycles. The van der Waals surface area contributed by atoms with E-state index in [9.17, 15) is 4.79 Å². The maximum atomic E-state index is 11.9. The number of anilines is 1. The molecule has 1 aliphatic heterocycles. The lowest BCUT2D eigenvalue weighted by molar-refractivity contribution is 0.0600. The molecule has 1 fully saturated rings. The average Bonchev–Trinajstić information content (AvgIpc) is 2.83. The molecule has 0 amide bonds. The van der Waals surface area contributed by atoms with Crippen LogP contribution >= 0.6 is 0 Å². The molecular formula is C15H23N3O2. The standard InChI is InChI=1S/C15H23N3O2/c1-10-13(15(19)20-2)14-16-9-8-12(18(14)17-10)11-6-4-3-5-7-11/h11-12,16H,3-9H2,1-2H3. The number of fused-ring (bicyclic) bond motifs is 1. The van der Waals surface area contributed by atoms with E-state index in [1.54, 1.807) is 0 Å². The minimum absolute atomic E-state index is 0.291. The van der Waals surface area contributed by atoms with Crippen molar-refractivity contribution < 1.29 is 9.53 Å². The van der Waals surface area contributed by atoms with Crippen LogP contribution in [0.2, 0.25) is 0 Å². The molecule has 1 atom stereocenters. The zero-order chi connectivity index (χ0) is 14.1. The topological polar surface area (TPSA) is 56.1 Å². The van der Waals surface area contributed by atoms with Crippen LogP contribution in [0, 0.1) is 12.8 Å². The molecule has 0 spiro atoms. The minimum atomic E-state index is -0.291. The van der Waals surface area contributed by atoms with Crippen molar-refractivity contribution in [3.05, 3.63) is 11.3 Å². The van der Waals surface area contributed by atoms with Gasteiger partial charge in [-0.3, -0.25) is 0 Å². The van der Waals surface area contributed by atoms with Gasteiger partial charge < -0.3 is 10.1 Å². The first kappa shape index (κ1) is 13.5. The Morgan fingerprint density at radius 2 is 2.05 bits per heavy atom. The number of hydrogen-bond donors (Lipinski definition) is 1. The number of methoxy groups -OCH3 is 1. The predicted octanol–water partition coefficient (Wildman–Crippen LogP) is 2.92. The first-order valence-corrected chi connectivity index (χ1v) is 7.63. The summed E-state index contributed by atoms with van der Waals surface area (Å²) in [6.07, 6.45) is 7.69. The van der Waals surface area contributed by atoms with Gasteiger partial charge >= 0.3 is 5.97 Å². The lowest BCUT2D eigenvalue weighted by Gasteiger charge is -2.34. The summed E-state index contributed by atoms with van der Waals surface area (Å²) >= 11 is 0. The maximum absolute atomic E-state index is 11.9. The summed E-state index contributed by atoms with van der Waals surface area (Å²) < 4.78 is 6.95. The van der Waals surface area contributed by atoms with E-state index in [-0.39, 0.29) is 5.97 Å². The van der Waals surface area contributed by atoms with Gasteiger partial charge in [0.2, 0.25) is 0 Å². The first-order valence-electron chi connectivity index (χ1n) is 7.63. The highest BCUT2D eigenvalue weighted by Crippen LogP contribution is 2.39. The number of rotatable bonds is 2. The molecule has 0 radical (unpaired) electrons. The molecule has 2 heterocycles.